The lowest BCUT2D eigenvalue weighted by molar-refractivity contribution is 0.204. The van der Waals surface area contributed by atoms with Crippen LogP contribution < -0.4 is 0 Å². The van der Waals surface area contributed by atoms with E-state index in [9.17, 15) is 0 Å². The Morgan fingerprint density at radius 2 is 1.82 bits per heavy atom. The topological polar surface area (TPSA) is 3.24 Å². The summed E-state index contributed by atoms with van der Waals surface area (Å²) in [4.78, 5) is 2.53. The van der Waals surface area contributed by atoms with Gasteiger partial charge in [-0.1, -0.05) is 20.8 Å². The molecule has 1 heteroatoms. The van der Waals surface area contributed by atoms with Crippen LogP contribution in [-0.4, -0.2) is 24.5 Å². The van der Waals surface area contributed by atoms with E-state index in [0.29, 0.717) is 0 Å². The van der Waals surface area contributed by atoms with Crippen molar-refractivity contribution < 1.29 is 0 Å². The first-order valence-corrected chi connectivity index (χ1v) is 4.97. The van der Waals surface area contributed by atoms with Crippen LogP contribution in [0, 0.1) is 11.8 Å². The highest BCUT2D eigenvalue weighted by molar-refractivity contribution is 4.94. The molecule has 0 aromatic carbocycles. The SMILES string of the molecule is CC.CC1CC2CC1N(C)C2. The molecule has 2 fully saturated rings. The van der Waals surface area contributed by atoms with Crippen molar-refractivity contribution in [1.82, 2.24) is 4.90 Å². The Morgan fingerprint density at radius 1 is 1.18 bits per heavy atom. The Morgan fingerprint density at radius 3 is 2.09 bits per heavy atom. The smallest absolute Gasteiger partial charge is 0.0121 e. The normalized spacial score (nSPS) is 42.0. The molecule has 1 saturated heterocycles. The number of likely N-dealkylation sites (tertiary alicyclic amines) is 1. The summed E-state index contributed by atoms with van der Waals surface area (Å²) in [6, 6.07) is 0.940. The van der Waals surface area contributed by atoms with E-state index in [0.717, 1.165) is 17.9 Å². The van der Waals surface area contributed by atoms with Gasteiger partial charge in [-0.3, -0.25) is 0 Å². The third-order valence-electron chi connectivity index (χ3n) is 3.05. The minimum atomic E-state index is 0.940. The second-order valence-corrected chi connectivity index (χ2v) is 3.82. The third kappa shape index (κ3) is 1.58. The van der Waals surface area contributed by atoms with E-state index in [2.05, 4.69) is 18.9 Å². The molecular formula is C10H21N. The average Bonchev–Trinajstić information content (AvgIpc) is 2.49. The average molecular weight is 155 g/mol. The first-order chi connectivity index (χ1) is 5.27. The summed E-state index contributed by atoms with van der Waals surface area (Å²) < 4.78 is 0. The minimum Gasteiger partial charge on any atom is -0.303 e. The van der Waals surface area contributed by atoms with Gasteiger partial charge in [-0.2, -0.15) is 0 Å². The molecule has 0 radical (unpaired) electrons. The Bertz CT molecular complexity index is 110. The number of hydrogen-bond donors (Lipinski definition) is 0. The first-order valence-electron chi connectivity index (χ1n) is 4.97. The van der Waals surface area contributed by atoms with E-state index in [1.165, 1.54) is 19.4 Å². The summed E-state index contributed by atoms with van der Waals surface area (Å²) >= 11 is 0. The molecule has 1 aliphatic carbocycles. The van der Waals surface area contributed by atoms with Crippen LogP contribution >= 0.6 is 0 Å². The Labute approximate surface area is 70.8 Å². The van der Waals surface area contributed by atoms with E-state index in [4.69, 9.17) is 0 Å². The predicted molar refractivity (Wildman–Crippen MR) is 49.7 cm³/mol. The summed E-state index contributed by atoms with van der Waals surface area (Å²) in [7, 11) is 2.26. The van der Waals surface area contributed by atoms with Gasteiger partial charge in [-0.25, -0.2) is 0 Å². The molecule has 0 aromatic rings. The summed E-state index contributed by atoms with van der Waals surface area (Å²) in [6.45, 7) is 7.76. The predicted octanol–water partition coefficient (Wildman–Crippen LogP) is 2.37. The van der Waals surface area contributed by atoms with E-state index >= 15 is 0 Å². The second-order valence-electron chi connectivity index (χ2n) is 3.82. The zero-order valence-electron chi connectivity index (χ0n) is 8.30. The van der Waals surface area contributed by atoms with Crippen molar-refractivity contribution in [2.24, 2.45) is 11.8 Å². The molecule has 3 atom stereocenters. The van der Waals surface area contributed by atoms with Crippen molar-refractivity contribution in [3.8, 4) is 0 Å². The summed E-state index contributed by atoms with van der Waals surface area (Å²) in [5, 5.41) is 0. The highest BCUT2D eigenvalue weighted by Gasteiger charge is 2.40. The second kappa shape index (κ2) is 3.57. The molecule has 2 rings (SSSR count). The van der Waals surface area contributed by atoms with Crippen LogP contribution in [0.1, 0.15) is 33.6 Å². The first kappa shape index (κ1) is 9.05. The molecule has 0 spiro atoms. The van der Waals surface area contributed by atoms with Crippen LogP contribution in [0.4, 0.5) is 0 Å². The van der Waals surface area contributed by atoms with Crippen molar-refractivity contribution in [3.05, 3.63) is 0 Å². The van der Waals surface area contributed by atoms with Gasteiger partial charge in [-0.05, 0) is 31.7 Å². The van der Waals surface area contributed by atoms with Gasteiger partial charge in [0.25, 0.3) is 0 Å². The lowest BCUT2D eigenvalue weighted by Crippen LogP contribution is -2.33. The molecule has 1 aliphatic heterocycles. The maximum Gasteiger partial charge on any atom is 0.0121 e. The summed E-state index contributed by atoms with van der Waals surface area (Å²) in [6.07, 6.45) is 2.98. The fourth-order valence-electron chi connectivity index (χ4n) is 2.66. The fourth-order valence-corrected chi connectivity index (χ4v) is 2.66. The highest BCUT2D eigenvalue weighted by Crippen LogP contribution is 2.40. The zero-order valence-corrected chi connectivity index (χ0v) is 8.30. The highest BCUT2D eigenvalue weighted by atomic mass is 15.2. The standard InChI is InChI=1S/C8H15N.C2H6/c1-6-3-7-4-8(6)9(2)5-7;1-2/h6-8H,3-5H2,1-2H3;1-2H3. The maximum atomic E-state index is 2.53. The Hall–Kier alpha value is -0.0400. The lowest BCUT2D eigenvalue weighted by atomic mass is 10.0. The van der Waals surface area contributed by atoms with Gasteiger partial charge in [-0.15, -0.1) is 0 Å². The quantitative estimate of drug-likeness (QED) is 0.519. The van der Waals surface area contributed by atoms with Crippen LogP contribution in [0.2, 0.25) is 0 Å². The van der Waals surface area contributed by atoms with Crippen molar-refractivity contribution in [3.63, 3.8) is 0 Å². The number of hydrogen-bond acceptors (Lipinski definition) is 1. The summed E-state index contributed by atoms with van der Waals surface area (Å²) in [5.74, 6) is 2.03. The Kier molecular flexibility index (Phi) is 2.94. The molecule has 2 aliphatic rings. The van der Waals surface area contributed by atoms with Crippen LogP contribution in [0.25, 0.3) is 0 Å². The molecule has 1 nitrogen and oxygen atoms in total. The molecule has 0 aromatic heterocycles. The molecule has 11 heavy (non-hydrogen) atoms. The van der Waals surface area contributed by atoms with Crippen molar-refractivity contribution >= 4 is 0 Å². The molecule has 3 unspecified atom stereocenters. The minimum absolute atomic E-state index is 0.940. The van der Waals surface area contributed by atoms with Gasteiger partial charge in [0, 0.05) is 12.6 Å². The number of rotatable bonds is 0. The van der Waals surface area contributed by atoms with Gasteiger partial charge in [0.05, 0.1) is 0 Å². The van der Waals surface area contributed by atoms with Gasteiger partial charge in [0.15, 0.2) is 0 Å². The molecule has 1 saturated carbocycles. The maximum absolute atomic E-state index is 2.53. The molecule has 0 amide bonds. The molecule has 66 valence electrons. The molecule has 1 heterocycles. The number of nitrogens with zero attached hydrogens (tertiary/aromatic N) is 1. The molecule has 2 bridgehead atoms. The van der Waals surface area contributed by atoms with Gasteiger partial charge in [0.1, 0.15) is 0 Å². The van der Waals surface area contributed by atoms with Gasteiger partial charge >= 0.3 is 0 Å². The van der Waals surface area contributed by atoms with Crippen LogP contribution in [0.5, 0.6) is 0 Å². The number of fused-ring (bicyclic) bond motifs is 2. The number of piperidine rings is 1. The van der Waals surface area contributed by atoms with E-state index in [1.54, 1.807) is 0 Å². The molecular weight excluding hydrogens is 134 g/mol. The Balaban J connectivity index is 0.000000281. The monoisotopic (exact) mass is 155 g/mol. The van der Waals surface area contributed by atoms with Crippen molar-refractivity contribution in [1.29, 1.82) is 0 Å². The van der Waals surface area contributed by atoms with Crippen molar-refractivity contribution in [2.75, 3.05) is 13.6 Å². The largest absolute Gasteiger partial charge is 0.303 e. The van der Waals surface area contributed by atoms with Crippen LogP contribution in [0.15, 0.2) is 0 Å². The van der Waals surface area contributed by atoms with Crippen LogP contribution in [-0.2, 0) is 0 Å². The van der Waals surface area contributed by atoms with Gasteiger partial charge < -0.3 is 4.90 Å². The lowest BCUT2D eigenvalue weighted by Gasteiger charge is -2.27. The van der Waals surface area contributed by atoms with Gasteiger partial charge in [0.2, 0.25) is 0 Å². The zero-order chi connectivity index (χ0) is 8.43. The van der Waals surface area contributed by atoms with E-state index in [1.807, 2.05) is 13.8 Å². The van der Waals surface area contributed by atoms with E-state index in [-0.39, 0.29) is 0 Å². The van der Waals surface area contributed by atoms with Crippen molar-refractivity contribution in [2.45, 2.75) is 39.7 Å². The molecule has 0 N–H and O–H groups in total. The fraction of sp³-hybridized carbons (Fsp3) is 1.00. The summed E-state index contributed by atoms with van der Waals surface area (Å²) in [5.41, 5.74) is 0. The third-order valence-corrected chi connectivity index (χ3v) is 3.05. The van der Waals surface area contributed by atoms with Crippen LogP contribution in [0.3, 0.4) is 0 Å². The van der Waals surface area contributed by atoms with E-state index < -0.39 is 0 Å².